The van der Waals surface area contributed by atoms with E-state index in [1.807, 2.05) is 0 Å². The van der Waals surface area contributed by atoms with E-state index in [2.05, 4.69) is 5.32 Å². The molecule has 1 aliphatic heterocycles. The van der Waals surface area contributed by atoms with Gasteiger partial charge in [0.1, 0.15) is 5.82 Å². The maximum Gasteiger partial charge on any atom is 0.271 e. The molecule has 1 N–H and O–H groups in total. The van der Waals surface area contributed by atoms with Crippen molar-refractivity contribution in [1.29, 1.82) is 0 Å². The van der Waals surface area contributed by atoms with Gasteiger partial charge in [0.15, 0.2) is 0 Å². The number of amides is 1. The van der Waals surface area contributed by atoms with Crippen LogP contribution in [-0.2, 0) is 14.8 Å². The van der Waals surface area contributed by atoms with Gasteiger partial charge in [-0.15, -0.1) is 0 Å². The van der Waals surface area contributed by atoms with Crippen molar-refractivity contribution >= 4 is 27.3 Å². The van der Waals surface area contributed by atoms with Crippen molar-refractivity contribution in [3.8, 4) is 0 Å². The van der Waals surface area contributed by atoms with Gasteiger partial charge in [-0.25, -0.2) is 12.8 Å². The summed E-state index contributed by atoms with van der Waals surface area (Å²) in [5.41, 5.74) is -0.639. The number of nitro groups is 1. The first-order chi connectivity index (χ1) is 13.3. The van der Waals surface area contributed by atoms with Crippen LogP contribution in [-0.4, -0.2) is 49.9 Å². The molecule has 2 aromatic carbocycles. The molecule has 11 heteroatoms. The second kappa shape index (κ2) is 8.00. The van der Waals surface area contributed by atoms with Gasteiger partial charge in [-0.3, -0.25) is 14.9 Å². The molecule has 0 unspecified atom stereocenters. The van der Waals surface area contributed by atoms with Crippen LogP contribution in [0.25, 0.3) is 0 Å². The second-order valence-corrected chi connectivity index (χ2v) is 7.85. The topological polar surface area (TPSA) is 119 Å². The van der Waals surface area contributed by atoms with Gasteiger partial charge in [-0.05, 0) is 30.3 Å². The van der Waals surface area contributed by atoms with Gasteiger partial charge in [0, 0.05) is 30.8 Å². The third-order valence-corrected chi connectivity index (χ3v) is 6.05. The minimum Gasteiger partial charge on any atom is -0.379 e. The highest BCUT2D eigenvalue weighted by Crippen LogP contribution is 2.23. The summed E-state index contributed by atoms with van der Waals surface area (Å²) >= 11 is 0. The Morgan fingerprint density at radius 2 is 1.79 bits per heavy atom. The molecule has 1 fully saturated rings. The SMILES string of the molecule is O=C(Nc1cc([N+](=O)[O-])ccc1F)c1ccc(S(=O)(=O)N2CCOCC2)cc1. The van der Waals surface area contributed by atoms with E-state index in [1.54, 1.807) is 0 Å². The average Bonchev–Trinajstić information content (AvgIpc) is 2.70. The number of benzene rings is 2. The number of carbonyl (C=O) groups is 1. The quantitative estimate of drug-likeness (QED) is 0.596. The molecule has 0 aromatic heterocycles. The third-order valence-electron chi connectivity index (χ3n) is 4.13. The first kappa shape index (κ1) is 19.9. The zero-order chi connectivity index (χ0) is 20.3. The summed E-state index contributed by atoms with van der Waals surface area (Å²) in [6, 6.07) is 7.91. The minimum atomic E-state index is -3.70. The molecular weight excluding hydrogens is 393 g/mol. The number of rotatable bonds is 5. The normalized spacial score (nSPS) is 15.2. The van der Waals surface area contributed by atoms with Crippen LogP contribution in [0.3, 0.4) is 0 Å². The van der Waals surface area contributed by atoms with Crippen LogP contribution in [0.4, 0.5) is 15.8 Å². The van der Waals surface area contributed by atoms with Crippen molar-refractivity contribution in [2.24, 2.45) is 0 Å². The summed E-state index contributed by atoms with van der Waals surface area (Å²) in [4.78, 5) is 22.4. The monoisotopic (exact) mass is 409 g/mol. The molecule has 2 aromatic rings. The highest BCUT2D eigenvalue weighted by molar-refractivity contribution is 7.89. The summed E-state index contributed by atoms with van der Waals surface area (Å²) in [5, 5.41) is 13.0. The zero-order valence-corrected chi connectivity index (χ0v) is 15.3. The first-order valence-corrected chi connectivity index (χ1v) is 9.66. The van der Waals surface area contributed by atoms with Crippen LogP contribution >= 0.6 is 0 Å². The van der Waals surface area contributed by atoms with E-state index in [9.17, 15) is 27.7 Å². The van der Waals surface area contributed by atoms with Crippen molar-refractivity contribution in [2.75, 3.05) is 31.6 Å². The smallest absolute Gasteiger partial charge is 0.271 e. The molecule has 0 saturated carbocycles. The summed E-state index contributed by atoms with van der Waals surface area (Å²) < 4.78 is 45.4. The predicted octanol–water partition coefficient (Wildman–Crippen LogP) is 2.01. The molecule has 1 aliphatic rings. The van der Waals surface area contributed by atoms with E-state index in [0.29, 0.717) is 13.2 Å². The number of morpholine rings is 1. The zero-order valence-electron chi connectivity index (χ0n) is 14.5. The summed E-state index contributed by atoms with van der Waals surface area (Å²) in [7, 11) is -3.70. The fourth-order valence-electron chi connectivity index (χ4n) is 2.63. The fourth-order valence-corrected chi connectivity index (χ4v) is 4.04. The second-order valence-electron chi connectivity index (χ2n) is 5.92. The number of ether oxygens (including phenoxy) is 1. The fraction of sp³-hybridized carbons (Fsp3) is 0.235. The van der Waals surface area contributed by atoms with Crippen LogP contribution in [0, 0.1) is 15.9 Å². The first-order valence-electron chi connectivity index (χ1n) is 8.22. The van der Waals surface area contributed by atoms with Crippen molar-refractivity contribution in [3.63, 3.8) is 0 Å². The Labute approximate surface area is 159 Å². The summed E-state index contributed by atoms with van der Waals surface area (Å²) in [5.74, 6) is -1.56. The Bertz CT molecular complexity index is 1000. The largest absolute Gasteiger partial charge is 0.379 e. The van der Waals surface area contributed by atoms with Crippen molar-refractivity contribution in [1.82, 2.24) is 4.31 Å². The van der Waals surface area contributed by atoms with Gasteiger partial charge in [-0.2, -0.15) is 4.31 Å². The van der Waals surface area contributed by atoms with Crippen molar-refractivity contribution in [2.45, 2.75) is 4.90 Å². The number of nitrogens with zero attached hydrogens (tertiary/aromatic N) is 2. The lowest BCUT2D eigenvalue weighted by Crippen LogP contribution is -2.40. The van der Waals surface area contributed by atoms with Crippen LogP contribution < -0.4 is 5.32 Å². The standard InChI is InChI=1S/C17H16FN3O6S/c18-15-6-3-13(21(23)24)11-16(15)19-17(22)12-1-4-14(5-2-12)28(25,26)20-7-9-27-10-8-20/h1-6,11H,7-10H2,(H,19,22). The van der Waals surface area contributed by atoms with E-state index in [4.69, 9.17) is 4.74 Å². The molecule has 0 spiro atoms. The Balaban J connectivity index is 1.77. The van der Waals surface area contributed by atoms with Crippen molar-refractivity contribution < 1.29 is 27.3 Å². The lowest BCUT2D eigenvalue weighted by atomic mass is 10.2. The van der Waals surface area contributed by atoms with Crippen LogP contribution in [0.5, 0.6) is 0 Å². The average molecular weight is 409 g/mol. The molecule has 0 bridgehead atoms. The Morgan fingerprint density at radius 3 is 2.39 bits per heavy atom. The molecule has 0 radical (unpaired) electrons. The number of carbonyl (C=O) groups excluding carboxylic acids is 1. The highest BCUT2D eigenvalue weighted by atomic mass is 32.2. The number of halogens is 1. The number of non-ortho nitro benzene ring substituents is 1. The number of hydrogen-bond acceptors (Lipinski definition) is 6. The Morgan fingerprint density at radius 1 is 1.14 bits per heavy atom. The van der Waals surface area contributed by atoms with Gasteiger partial charge in [-0.1, -0.05) is 0 Å². The molecule has 9 nitrogen and oxygen atoms in total. The lowest BCUT2D eigenvalue weighted by molar-refractivity contribution is -0.384. The van der Waals surface area contributed by atoms with Gasteiger partial charge in [0.2, 0.25) is 10.0 Å². The van der Waals surface area contributed by atoms with Crippen molar-refractivity contribution in [3.05, 3.63) is 64.0 Å². The number of nitro benzene ring substituents is 1. The van der Waals surface area contributed by atoms with Gasteiger partial charge < -0.3 is 10.1 Å². The van der Waals surface area contributed by atoms with E-state index in [1.165, 1.54) is 28.6 Å². The highest BCUT2D eigenvalue weighted by Gasteiger charge is 2.26. The third kappa shape index (κ3) is 4.16. The number of anilines is 1. The van der Waals surface area contributed by atoms with Crippen LogP contribution in [0.1, 0.15) is 10.4 Å². The van der Waals surface area contributed by atoms with Crippen LogP contribution in [0.15, 0.2) is 47.4 Å². The van der Waals surface area contributed by atoms with E-state index in [-0.39, 0.29) is 34.9 Å². The maximum absolute atomic E-state index is 13.8. The molecule has 1 heterocycles. The molecule has 0 aliphatic carbocycles. The molecule has 0 atom stereocenters. The Hall–Kier alpha value is -2.89. The lowest BCUT2D eigenvalue weighted by Gasteiger charge is -2.26. The number of hydrogen-bond donors (Lipinski definition) is 1. The molecule has 1 saturated heterocycles. The maximum atomic E-state index is 13.8. The van der Waals surface area contributed by atoms with E-state index < -0.39 is 26.7 Å². The summed E-state index contributed by atoms with van der Waals surface area (Å²) in [6.45, 7) is 1.12. The van der Waals surface area contributed by atoms with Gasteiger partial charge >= 0.3 is 0 Å². The van der Waals surface area contributed by atoms with Crippen LogP contribution in [0.2, 0.25) is 0 Å². The molecule has 148 valence electrons. The minimum absolute atomic E-state index is 0.0208. The Kier molecular flexibility index (Phi) is 5.68. The molecule has 1 amide bonds. The van der Waals surface area contributed by atoms with E-state index >= 15 is 0 Å². The predicted molar refractivity (Wildman–Crippen MR) is 97.0 cm³/mol. The van der Waals surface area contributed by atoms with E-state index in [0.717, 1.165) is 18.2 Å². The number of nitrogens with one attached hydrogen (secondary N) is 1. The summed E-state index contributed by atoms with van der Waals surface area (Å²) in [6.07, 6.45) is 0. The van der Waals surface area contributed by atoms with Gasteiger partial charge in [0.05, 0.1) is 28.7 Å². The molecular formula is C17H16FN3O6S. The van der Waals surface area contributed by atoms with Gasteiger partial charge in [0.25, 0.3) is 11.6 Å². The molecule has 3 rings (SSSR count). The number of sulfonamides is 1. The molecule has 28 heavy (non-hydrogen) atoms.